The average Bonchev–Trinajstić information content (AvgIpc) is 2.86. The largest absolute Gasteiger partial charge is 0.383 e. The van der Waals surface area contributed by atoms with E-state index in [1.807, 2.05) is 17.4 Å². The maximum absolute atomic E-state index is 5.21. The van der Waals surface area contributed by atoms with Gasteiger partial charge in [-0.15, -0.1) is 11.3 Å². The molecule has 2 aromatic rings. The molecule has 3 heteroatoms. The molecular formula is C16H21NOS. The van der Waals surface area contributed by atoms with Crippen molar-refractivity contribution in [1.82, 2.24) is 5.32 Å². The molecule has 0 radical (unpaired) electrons. The van der Waals surface area contributed by atoms with E-state index in [2.05, 4.69) is 55.6 Å². The van der Waals surface area contributed by atoms with Gasteiger partial charge in [0, 0.05) is 28.9 Å². The van der Waals surface area contributed by atoms with E-state index in [9.17, 15) is 0 Å². The van der Waals surface area contributed by atoms with Gasteiger partial charge in [0.1, 0.15) is 0 Å². The minimum atomic E-state index is 0.00561. The summed E-state index contributed by atoms with van der Waals surface area (Å²) < 4.78 is 5.21. The van der Waals surface area contributed by atoms with Gasteiger partial charge in [0.25, 0.3) is 0 Å². The van der Waals surface area contributed by atoms with Crippen LogP contribution < -0.4 is 5.32 Å². The molecule has 0 atom stereocenters. The van der Waals surface area contributed by atoms with Crippen molar-refractivity contribution in [1.29, 1.82) is 0 Å². The molecular weight excluding hydrogens is 254 g/mol. The van der Waals surface area contributed by atoms with Gasteiger partial charge >= 0.3 is 0 Å². The fraction of sp³-hybridized carbons (Fsp3) is 0.375. The summed E-state index contributed by atoms with van der Waals surface area (Å²) in [7, 11) is 1.74. The van der Waals surface area contributed by atoms with Crippen LogP contribution in [0.5, 0.6) is 0 Å². The molecule has 1 heterocycles. The molecule has 2 nitrogen and oxygen atoms in total. The van der Waals surface area contributed by atoms with Crippen molar-refractivity contribution < 1.29 is 4.74 Å². The van der Waals surface area contributed by atoms with Crippen molar-refractivity contribution in [2.24, 2.45) is 0 Å². The minimum Gasteiger partial charge on any atom is -0.383 e. The van der Waals surface area contributed by atoms with Gasteiger partial charge in [-0.05, 0) is 31.5 Å². The summed E-state index contributed by atoms with van der Waals surface area (Å²) in [6.45, 7) is 5.90. The second kappa shape index (κ2) is 6.33. The van der Waals surface area contributed by atoms with Crippen LogP contribution in [0.2, 0.25) is 0 Å². The highest BCUT2D eigenvalue weighted by Crippen LogP contribution is 2.27. The lowest BCUT2D eigenvalue weighted by Gasteiger charge is -2.24. The monoisotopic (exact) mass is 275 g/mol. The first-order chi connectivity index (χ1) is 9.11. The Bertz CT molecular complexity index is 504. The Morgan fingerprint density at radius 3 is 2.53 bits per heavy atom. The third-order valence-electron chi connectivity index (χ3n) is 2.97. The zero-order valence-corrected chi connectivity index (χ0v) is 12.6. The van der Waals surface area contributed by atoms with Crippen molar-refractivity contribution in [3.05, 3.63) is 47.3 Å². The molecule has 1 aromatic carbocycles. The van der Waals surface area contributed by atoms with E-state index in [1.165, 1.54) is 15.3 Å². The molecule has 102 valence electrons. The van der Waals surface area contributed by atoms with E-state index in [0.29, 0.717) is 6.61 Å². The lowest BCUT2D eigenvalue weighted by Crippen LogP contribution is -2.42. The van der Waals surface area contributed by atoms with Gasteiger partial charge in [0.2, 0.25) is 0 Å². The molecule has 0 aliphatic heterocycles. The maximum atomic E-state index is 5.21. The predicted octanol–water partition coefficient (Wildman–Crippen LogP) is 3.93. The third kappa shape index (κ3) is 4.16. The quantitative estimate of drug-likeness (QED) is 0.862. The van der Waals surface area contributed by atoms with E-state index >= 15 is 0 Å². The highest BCUT2D eigenvalue weighted by molar-refractivity contribution is 7.15. The number of thiophene rings is 1. The fourth-order valence-corrected chi connectivity index (χ4v) is 2.92. The molecule has 1 N–H and O–H groups in total. The molecule has 0 fully saturated rings. The summed E-state index contributed by atoms with van der Waals surface area (Å²) >= 11 is 1.84. The van der Waals surface area contributed by atoms with Crippen LogP contribution in [0.15, 0.2) is 42.5 Å². The van der Waals surface area contributed by atoms with Crippen molar-refractivity contribution in [2.45, 2.75) is 25.9 Å². The van der Waals surface area contributed by atoms with Gasteiger partial charge in [-0.3, -0.25) is 0 Å². The SMILES string of the molecule is COCC(C)(C)NCc1ccc(-c2ccccc2)s1. The van der Waals surface area contributed by atoms with Gasteiger partial charge in [-0.1, -0.05) is 30.3 Å². The Balaban J connectivity index is 1.99. The minimum absolute atomic E-state index is 0.00561. The van der Waals surface area contributed by atoms with Crippen molar-refractivity contribution >= 4 is 11.3 Å². The van der Waals surface area contributed by atoms with Crippen LogP contribution in [0, 0.1) is 0 Å². The molecule has 0 aliphatic carbocycles. The summed E-state index contributed by atoms with van der Waals surface area (Å²) in [5.41, 5.74) is 1.29. The Kier molecular flexibility index (Phi) is 4.75. The van der Waals surface area contributed by atoms with E-state index < -0.39 is 0 Å². The Labute approximate surface area is 119 Å². The number of methoxy groups -OCH3 is 1. The number of nitrogens with one attached hydrogen (secondary N) is 1. The molecule has 0 saturated heterocycles. The van der Waals surface area contributed by atoms with Gasteiger partial charge < -0.3 is 10.1 Å². The number of ether oxygens (including phenoxy) is 1. The smallest absolute Gasteiger partial charge is 0.0639 e. The molecule has 0 saturated carbocycles. The first-order valence-electron chi connectivity index (χ1n) is 6.49. The molecule has 0 spiro atoms. The van der Waals surface area contributed by atoms with Crippen LogP contribution in [-0.4, -0.2) is 19.3 Å². The normalized spacial score (nSPS) is 11.7. The first-order valence-corrected chi connectivity index (χ1v) is 7.30. The summed E-state index contributed by atoms with van der Waals surface area (Å²) in [5.74, 6) is 0. The molecule has 0 unspecified atom stereocenters. The van der Waals surface area contributed by atoms with Crippen molar-refractivity contribution in [3.8, 4) is 10.4 Å². The topological polar surface area (TPSA) is 21.3 Å². The summed E-state index contributed by atoms with van der Waals surface area (Å²) in [5, 5.41) is 3.53. The Hall–Kier alpha value is -1.16. The zero-order valence-electron chi connectivity index (χ0n) is 11.8. The predicted molar refractivity (Wildman–Crippen MR) is 82.5 cm³/mol. The third-order valence-corrected chi connectivity index (χ3v) is 4.10. The Morgan fingerprint density at radius 2 is 1.84 bits per heavy atom. The second-order valence-corrected chi connectivity index (χ2v) is 6.47. The number of hydrogen-bond donors (Lipinski definition) is 1. The Morgan fingerprint density at radius 1 is 1.11 bits per heavy atom. The lowest BCUT2D eigenvalue weighted by atomic mass is 10.1. The standard InChI is InChI=1S/C16H21NOS/c1-16(2,12-18-3)17-11-14-9-10-15(19-14)13-7-5-4-6-8-13/h4-10,17H,11-12H2,1-3H3. The number of benzene rings is 1. The van der Waals surface area contributed by atoms with Gasteiger partial charge in [-0.25, -0.2) is 0 Å². The summed E-state index contributed by atoms with van der Waals surface area (Å²) in [6, 6.07) is 14.9. The van der Waals surface area contributed by atoms with Crippen LogP contribution in [-0.2, 0) is 11.3 Å². The van der Waals surface area contributed by atoms with Crippen molar-refractivity contribution in [2.75, 3.05) is 13.7 Å². The van der Waals surface area contributed by atoms with Gasteiger partial charge in [0.15, 0.2) is 0 Å². The van der Waals surface area contributed by atoms with Crippen LogP contribution in [0.3, 0.4) is 0 Å². The van der Waals surface area contributed by atoms with Crippen LogP contribution >= 0.6 is 11.3 Å². The van der Waals surface area contributed by atoms with E-state index in [1.54, 1.807) is 7.11 Å². The van der Waals surface area contributed by atoms with Crippen LogP contribution in [0.1, 0.15) is 18.7 Å². The molecule has 19 heavy (non-hydrogen) atoms. The van der Waals surface area contributed by atoms with E-state index in [-0.39, 0.29) is 5.54 Å². The molecule has 2 rings (SSSR count). The number of hydrogen-bond acceptors (Lipinski definition) is 3. The highest BCUT2D eigenvalue weighted by atomic mass is 32.1. The number of rotatable bonds is 6. The highest BCUT2D eigenvalue weighted by Gasteiger charge is 2.16. The maximum Gasteiger partial charge on any atom is 0.0639 e. The van der Waals surface area contributed by atoms with Gasteiger partial charge in [-0.2, -0.15) is 0 Å². The summed E-state index contributed by atoms with van der Waals surface area (Å²) in [4.78, 5) is 2.67. The zero-order chi connectivity index (χ0) is 13.7. The summed E-state index contributed by atoms with van der Waals surface area (Å²) in [6.07, 6.45) is 0. The van der Waals surface area contributed by atoms with Crippen LogP contribution in [0.4, 0.5) is 0 Å². The lowest BCUT2D eigenvalue weighted by molar-refractivity contribution is 0.128. The van der Waals surface area contributed by atoms with E-state index in [0.717, 1.165) is 6.54 Å². The first kappa shape index (κ1) is 14.3. The second-order valence-electron chi connectivity index (χ2n) is 5.30. The van der Waals surface area contributed by atoms with Gasteiger partial charge in [0.05, 0.1) is 6.61 Å². The van der Waals surface area contributed by atoms with Crippen LogP contribution in [0.25, 0.3) is 10.4 Å². The molecule has 1 aromatic heterocycles. The van der Waals surface area contributed by atoms with Crippen molar-refractivity contribution in [3.63, 3.8) is 0 Å². The molecule has 0 bridgehead atoms. The molecule has 0 aliphatic rings. The average molecular weight is 275 g/mol. The van der Waals surface area contributed by atoms with E-state index in [4.69, 9.17) is 4.74 Å². The molecule has 0 amide bonds. The fourth-order valence-electron chi connectivity index (χ4n) is 1.97.